The molecule has 0 saturated carbocycles. The monoisotopic (exact) mass is 395 g/mol. The third-order valence-corrected chi connectivity index (χ3v) is 5.15. The lowest BCUT2D eigenvalue weighted by atomic mass is 10.0. The fourth-order valence-electron chi connectivity index (χ4n) is 3.80. The van der Waals surface area contributed by atoms with Crippen molar-refractivity contribution in [3.63, 3.8) is 0 Å². The van der Waals surface area contributed by atoms with Gasteiger partial charge in [0.25, 0.3) is 0 Å². The van der Waals surface area contributed by atoms with Crippen LogP contribution in [0.1, 0.15) is 18.0 Å². The number of benzene rings is 3. The fraction of sp³-hybridized carbons (Fsp3) is 0.0870. The van der Waals surface area contributed by atoms with Crippen molar-refractivity contribution in [3.8, 4) is 0 Å². The summed E-state index contributed by atoms with van der Waals surface area (Å²) >= 11 is 0. The van der Waals surface area contributed by atoms with Crippen LogP contribution in [0.5, 0.6) is 0 Å². The number of hydrogen-bond donors (Lipinski definition) is 3. The zero-order valence-corrected chi connectivity index (χ0v) is 16.2. The highest BCUT2D eigenvalue weighted by Crippen LogP contribution is 2.30. The van der Waals surface area contributed by atoms with Gasteiger partial charge in [-0.3, -0.25) is 0 Å². The molecule has 1 atom stereocenters. The quantitative estimate of drug-likeness (QED) is 0.306. The van der Waals surface area contributed by atoms with E-state index in [9.17, 15) is 0 Å². The molecule has 1 unspecified atom stereocenters. The van der Waals surface area contributed by atoms with Crippen molar-refractivity contribution in [2.75, 3.05) is 5.73 Å². The van der Waals surface area contributed by atoms with Crippen molar-refractivity contribution in [3.05, 3.63) is 84.4 Å². The van der Waals surface area contributed by atoms with Gasteiger partial charge in [0, 0.05) is 6.42 Å². The van der Waals surface area contributed by atoms with E-state index in [2.05, 4.69) is 32.1 Å². The average Bonchev–Trinajstić information content (AvgIpc) is 3.32. The summed E-state index contributed by atoms with van der Waals surface area (Å²) in [5, 5.41) is 0. The molecule has 0 spiro atoms. The highest BCUT2D eigenvalue weighted by Gasteiger charge is 2.21. The summed E-state index contributed by atoms with van der Waals surface area (Å²) in [5.74, 6) is 1.39. The summed E-state index contributed by atoms with van der Waals surface area (Å²) in [7, 11) is 0. The molecule has 0 saturated heterocycles. The van der Waals surface area contributed by atoms with E-state index < -0.39 is 0 Å². The first-order chi connectivity index (χ1) is 14.7. The number of H-pyrrole nitrogens is 1. The van der Waals surface area contributed by atoms with E-state index in [1.807, 2.05) is 71.3 Å². The first-order valence-corrected chi connectivity index (χ1v) is 9.74. The predicted molar refractivity (Wildman–Crippen MR) is 121 cm³/mol. The number of nitrogens with zero attached hydrogens (tertiary/aromatic N) is 4. The Bertz CT molecular complexity index is 1320. The zero-order chi connectivity index (χ0) is 20.5. The highest BCUT2D eigenvalue weighted by atomic mass is 15.2. The average molecular weight is 395 g/mol. The number of aliphatic imine (C=N–C) groups is 1. The number of aromatic amines is 1. The number of imidazole rings is 2. The lowest BCUT2D eigenvalue weighted by Gasteiger charge is -2.21. The molecule has 7 heteroatoms. The van der Waals surface area contributed by atoms with E-state index in [1.165, 1.54) is 0 Å². The zero-order valence-electron chi connectivity index (χ0n) is 16.2. The van der Waals surface area contributed by atoms with Gasteiger partial charge in [-0.05, 0) is 29.8 Å². The molecule has 7 nitrogen and oxygen atoms in total. The van der Waals surface area contributed by atoms with Gasteiger partial charge in [0.1, 0.15) is 5.84 Å². The number of aromatic nitrogens is 4. The van der Waals surface area contributed by atoms with Gasteiger partial charge in [-0.25, -0.2) is 15.0 Å². The Balaban J connectivity index is 1.56. The first-order valence-electron chi connectivity index (χ1n) is 9.74. The number of amidine groups is 1. The maximum Gasteiger partial charge on any atom is 0.229 e. The molecule has 2 aromatic heterocycles. The molecular weight excluding hydrogens is 374 g/mol. The minimum Gasteiger partial charge on any atom is -0.387 e. The molecule has 0 amide bonds. The summed E-state index contributed by atoms with van der Waals surface area (Å²) < 4.78 is 2.02. The van der Waals surface area contributed by atoms with E-state index in [0.29, 0.717) is 24.2 Å². The van der Waals surface area contributed by atoms with E-state index in [4.69, 9.17) is 11.5 Å². The van der Waals surface area contributed by atoms with Gasteiger partial charge in [-0.15, -0.1) is 0 Å². The number of anilines is 1. The molecule has 3 aromatic carbocycles. The van der Waals surface area contributed by atoms with Crippen LogP contribution in [0.2, 0.25) is 0 Å². The number of hydrogen-bond acceptors (Lipinski definition) is 4. The molecule has 148 valence electrons. The number of nitrogens with one attached hydrogen (secondary N) is 1. The van der Waals surface area contributed by atoms with Crippen molar-refractivity contribution >= 4 is 39.8 Å². The summed E-state index contributed by atoms with van der Waals surface area (Å²) in [6.07, 6.45) is 0.464. The topological polar surface area (TPSA) is 111 Å². The Labute approximate surface area is 173 Å². The number of nitrogen functional groups attached to an aromatic ring is 1. The normalized spacial score (nSPS) is 13.1. The Morgan fingerprint density at radius 3 is 2.40 bits per heavy atom. The van der Waals surface area contributed by atoms with Crippen LogP contribution < -0.4 is 11.5 Å². The number of rotatable bonds is 5. The first kappa shape index (κ1) is 17.9. The van der Waals surface area contributed by atoms with Crippen LogP contribution >= 0.6 is 0 Å². The van der Waals surface area contributed by atoms with E-state index in [-0.39, 0.29) is 6.04 Å². The van der Waals surface area contributed by atoms with Crippen LogP contribution in [0.25, 0.3) is 22.1 Å². The second-order valence-electron chi connectivity index (χ2n) is 7.14. The number of para-hydroxylation sites is 4. The standard InChI is InChI=1S/C23H21N7/c24-21(29-23-27-16-10-4-5-11-17(16)28-23)14-20(15-8-2-1-3-9-15)30-19-13-7-6-12-18(19)26-22(30)25/h1-13,20H,14H2,(H2,25,26)(H3,24,27,28,29). The molecule has 0 radical (unpaired) electrons. The molecule has 5 aromatic rings. The van der Waals surface area contributed by atoms with Gasteiger partial charge < -0.3 is 21.0 Å². The maximum absolute atomic E-state index is 6.38. The summed E-state index contributed by atoms with van der Waals surface area (Å²) in [5.41, 5.74) is 17.4. The third kappa shape index (κ3) is 3.26. The van der Waals surface area contributed by atoms with Gasteiger partial charge in [0.05, 0.1) is 28.1 Å². The summed E-state index contributed by atoms with van der Waals surface area (Å²) in [6.45, 7) is 0. The summed E-state index contributed by atoms with van der Waals surface area (Å²) in [6, 6.07) is 25.7. The third-order valence-electron chi connectivity index (χ3n) is 5.15. The Morgan fingerprint density at radius 2 is 1.60 bits per heavy atom. The van der Waals surface area contributed by atoms with E-state index >= 15 is 0 Å². The van der Waals surface area contributed by atoms with Gasteiger partial charge in [-0.2, -0.15) is 0 Å². The highest BCUT2D eigenvalue weighted by molar-refractivity contribution is 5.85. The van der Waals surface area contributed by atoms with Gasteiger partial charge in [-0.1, -0.05) is 54.6 Å². The van der Waals surface area contributed by atoms with Gasteiger partial charge in [0.15, 0.2) is 0 Å². The molecule has 0 fully saturated rings. The second-order valence-corrected chi connectivity index (χ2v) is 7.14. The van der Waals surface area contributed by atoms with Crippen LogP contribution in [0.15, 0.2) is 83.9 Å². The van der Waals surface area contributed by atoms with E-state index in [1.54, 1.807) is 0 Å². The van der Waals surface area contributed by atoms with E-state index in [0.717, 1.165) is 27.6 Å². The molecule has 0 aliphatic carbocycles. The van der Waals surface area contributed by atoms with Crippen LogP contribution in [-0.4, -0.2) is 25.4 Å². The van der Waals surface area contributed by atoms with Gasteiger partial charge in [0.2, 0.25) is 11.9 Å². The Kier molecular flexibility index (Phi) is 4.40. The van der Waals surface area contributed by atoms with Gasteiger partial charge >= 0.3 is 0 Å². The lowest BCUT2D eigenvalue weighted by molar-refractivity contribution is 0.629. The molecule has 0 aliphatic heterocycles. The number of fused-ring (bicyclic) bond motifs is 2. The molecule has 5 N–H and O–H groups in total. The Morgan fingerprint density at radius 1 is 0.900 bits per heavy atom. The minimum absolute atomic E-state index is 0.147. The van der Waals surface area contributed by atoms with Crippen LogP contribution in [0, 0.1) is 0 Å². The van der Waals surface area contributed by atoms with Crippen molar-refractivity contribution in [2.24, 2.45) is 10.7 Å². The molecule has 2 heterocycles. The van der Waals surface area contributed by atoms with Crippen molar-refractivity contribution in [1.82, 2.24) is 19.5 Å². The van der Waals surface area contributed by atoms with Crippen molar-refractivity contribution in [1.29, 1.82) is 0 Å². The molecular formula is C23H21N7. The molecule has 0 bridgehead atoms. The Hall–Kier alpha value is -4.13. The maximum atomic E-state index is 6.38. The molecule has 0 aliphatic rings. The summed E-state index contributed by atoms with van der Waals surface area (Å²) in [4.78, 5) is 16.7. The fourth-order valence-corrected chi connectivity index (χ4v) is 3.80. The second kappa shape index (κ2) is 7.36. The van der Waals surface area contributed by atoms with Crippen LogP contribution in [0.4, 0.5) is 11.9 Å². The molecule has 5 rings (SSSR count). The predicted octanol–water partition coefficient (Wildman–Crippen LogP) is 4.16. The lowest BCUT2D eigenvalue weighted by Crippen LogP contribution is -2.22. The smallest absolute Gasteiger partial charge is 0.229 e. The minimum atomic E-state index is -0.147. The number of nitrogens with two attached hydrogens (primary N) is 2. The van der Waals surface area contributed by atoms with Crippen molar-refractivity contribution in [2.45, 2.75) is 12.5 Å². The largest absolute Gasteiger partial charge is 0.387 e. The van der Waals surface area contributed by atoms with Crippen molar-refractivity contribution < 1.29 is 0 Å². The SMILES string of the molecule is N/C(CC(c1ccccc1)n1c(N)nc2ccccc21)=N\c1nc2ccccc2[nH]1. The van der Waals surface area contributed by atoms with Crippen LogP contribution in [-0.2, 0) is 0 Å². The molecule has 30 heavy (non-hydrogen) atoms. The van der Waals surface area contributed by atoms with Crippen LogP contribution in [0.3, 0.4) is 0 Å².